The van der Waals surface area contributed by atoms with Gasteiger partial charge in [-0.1, -0.05) is 11.6 Å². The maximum atomic E-state index is 12.7. The molecular weight excluding hydrogens is 252 g/mol. The van der Waals surface area contributed by atoms with Gasteiger partial charge < -0.3 is 10.5 Å². The van der Waals surface area contributed by atoms with Crippen molar-refractivity contribution < 1.29 is 22.3 Å². The van der Waals surface area contributed by atoms with E-state index in [1.54, 1.807) is 13.0 Å². The number of alkyl halides is 4. The zero-order chi connectivity index (χ0) is 13.9. The smallest absolute Gasteiger partial charge is 0.340 e. The molecule has 0 radical (unpaired) electrons. The molecule has 3 nitrogen and oxygen atoms in total. The maximum Gasteiger partial charge on any atom is 0.340 e. The lowest BCUT2D eigenvalue weighted by molar-refractivity contribution is -0.148. The predicted molar refractivity (Wildman–Crippen MR) is 58.6 cm³/mol. The van der Waals surface area contributed by atoms with Crippen LogP contribution in [-0.4, -0.2) is 24.8 Å². The minimum absolute atomic E-state index is 0.0973. The second kappa shape index (κ2) is 5.24. The van der Waals surface area contributed by atoms with Gasteiger partial charge in [0, 0.05) is 0 Å². The molecule has 0 aliphatic carbocycles. The highest BCUT2D eigenvalue weighted by atomic mass is 19.3. The number of amidine groups is 1. The number of benzene rings is 1. The quantitative estimate of drug-likeness (QED) is 0.488. The molecule has 0 saturated heterocycles. The van der Waals surface area contributed by atoms with Gasteiger partial charge in [0.2, 0.25) is 0 Å². The van der Waals surface area contributed by atoms with Crippen LogP contribution in [0.4, 0.5) is 17.6 Å². The summed E-state index contributed by atoms with van der Waals surface area (Å²) in [6.45, 7) is 0.248. The topological polar surface area (TPSA) is 59.1 Å². The van der Waals surface area contributed by atoms with Crippen molar-refractivity contribution in [3.05, 3.63) is 29.3 Å². The fourth-order valence-electron chi connectivity index (χ4n) is 1.22. The summed E-state index contributed by atoms with van der Waals surface area (Å²) >= 11 is 0. The SMILES string of the molecule is Cc1ccc(OCC(F)(F)C(F)F)c(C(=N)N)c1. The van der Waals surface area contributed by atoms with E-state index >= 15 is 0 Å². The van der Waals surface area contributed by atoms with Crippen molar-refractivity contribution in [1.29, 1.82) is 5.41 Å². The summed E-state index contributed by atoms with van der Waals surface area (Å²) in [6, 6.07) is 4.31. The summed E-state index contributed by atoms with van der Waals surface area (Å²) in [6.07, 6.45) is -3.80. The van der Waals surface area contributed by atoms with Crippen LogP contribution in [0, 0.1) is 12.3 Å². The van der Waals surface area contributed by atoms with Gasteiger partial charge in [0.25, 0.3) is 0 Å². The second-order valence-corrected chi connectivity index (χ2v) is 3.76. The molecule has 100 valence electrons. The number of ether oxygens (including phenoxy) is 1. The van der Waals surface area contributed by atoms with Crippen LogP contribution in [0.3, 0.4) is 0 Å². The first kappa shape index (κ1) is 14.3. The molecule has 0 saturated carbocycles. The van der Waals surface area contributed by atoms with E-state index in [-0.39, 0.29) is 17.1 Å². The summed E-state index contributed by atoms with van der Waals surface area (Å²) in [7, 11) is 0. The van der Waals surface area contributed by atoms with E-state index in [1.165, 1.54) is 12.1 Å². The average molecular weight is 264 g/mol. The summed E-state index contributed by atoms with van der Waals surface area (Å²) in [5.74, 6) is -4.73. The Hall–Kier alpha value is -1.79. The molecule has 0 spiro atoms. The van der Waals surface area contributed by atoms with E-state index in [0.717, 1.165) is 5.56 Å². The van der Waals surface area contributed by atoms with Crippen LogP contribution in [0.2, 0.25) is 0 Å². The Balaban J connectivity index is 2.89. The molecule has 1 aromatic carbocycles. The molecule has 0 amide bonds. The van der Waals surface area contributed by atoms with Gasteiger partial charge in [-0.05, 0) is 19.1 Å². The largest absolute Gasteiger partial charge is 0.486 e. The van der Waals surface area contributed by atoms with Crippen molar-refractivity contribution in [2.75, 3.05) is 6.61 Å². The van der Waals surface area contributed by atoms with Crippen LogP contribution >= 0.6 is 0 Å². The van der Waals surface area contributed by atoms with Gasteiger partial charge in [0.1, 0.15) is 11.6 Å². The van der Waals surface area contributed by atoms with Gasteiger partial charge >= 0.3 is 12.3 Å². The van der Waals surface area contributed by atoms with Crippen molar-refractivity contribution in [1.82, 2.24) is 0 Å². The molecule has 0 aliphatic rings. The summed E-state index contributed by atoms with van der Waals surface area (Å²) in [4.78, 5) is 0. The highest BCUT2D eigenvalue weighted by Crippen LogP contribution is 2.26. The first-order valence-corrected chi connectivity index (χ1v) is 4.98. The van der Waals surface area contributed by atoms with Crippen LogP contribution in [0.5, 0.6) is 5.75 Å². The third-order valence-corrected chi connectivity index (χ3v) is 2.16. The van der Waals surface area contributed by atoms with Crippen LogP contribution in [-0.2, 0) is 0 Å². The average Bonchev–Trinajstić information content (AvgIpc) is 2.27. The minimum atomic E-state index is -4.24. The van der Waals surface area contributed by atoms with Crippen molar-refractivity contribution >= 4 is 5.84 Å². The third-order valence-electron chi connectivity index (χ3n) is 2.16. The zero-order valence-electron chi connectivity index (χ0n) is 9.51. The number of rotatable bonds is 5. The van der Waals surface area contributed by atoms with Crippen molar-refractivity contribution in [3.8, 4) is 5.75 Å². The fraction of sp³-hybridized carbons (Fsp3) is 0.364. The number of hydrogen-bond donors (Lipinski definition) is 2. The highest BCUT2D eigenvalue weighted by molar-refractivity contribution is 5.97. The van der Waals surface area contributed by atoms with Gasteiger partial charge in [0.05, 0.1) is 5.56 Å². The van der Waals surface area contributed by atoms with Crippen LogP contribution in [0.25, 0.3) is 0 Å². The van der Waals surface area contributed by atoms with Crippen LogP contribution in [0.15, 0.2) is 18.2 Å². The molecule has 3 N–H and O–H groups in total. The van der Waals surface area contributed by atoms with Gasteiger partial charge in [-0.3, -0.25) is 5.41 Å². The summed E-state index contributed by atoms with van der Waals surface area (Å²) in [5.41, 5.74) is 6.09. The minimum Gasteiger partial charge on any atom is -0.486 e. The lowest BCUT2D eigenvalue weighted by Crippen LogP contribution is -2.34. The molecule has 0 atom stereocenters. The zero-order valence-corrected chi connectivity index (χ0v) is 9.51. The lowest BCUT2D eigenvalue weighted by Gasteiger charge is -2.17. The molecule has 7 heteroatoms. The maximum absolute atomic E-state index is 12.7. The van der Waals surface area contributed by atoms with E-state index in [1.807, 2.05) is 0 Å². The van der Waals surface area contributed by atoms with Crippen molar-refractivity contribution in [2.45, 2.75) is 19.3 Å². The number of nitrogens with two attached hydrogens (primary N) is 1. The summed E-state index contributed by atoms with van der Waals surface area (Å²) in [5, 5.41) is 7.25. The Morgan fingerprint density at radius 2 is 2.06 bits per heavy atom. The molecule has 0 unspecified atom stereocenters. The normalized spacial score (nSPS) is 11.7. The Kier molecular flexibility index (Phi) is 4.15. The Morgan fingerprint density at radius 3 is 2.56 bits per heavy atom. The standard InChI is InChI=1S/C11H12F4N2O/c1-6-2-3-8(7(4-6)9(16)17)18-5-11(14,15)10(12)13/h2-4,10H,5H2,1H3,(H3,16,17). The molecule has 1 rings (SSSR count). The second-order valence-electron chi connectivity index (χ2n) is 3.76. The molecule has 0 aromatic heterocycles. The Bertz CT molecular complexity index is 449. The number of nitrogens with one attached hydrogen (secondary N) is 1. The number of hydrogen-bond acceptors (Lipinski definition) is 2. The molecule has 1 aromatic rings. The van der Waals surface area contributed by atoms with E-state index in [4.69, 9.17) is 11.1 Å². The lowest BCUT2D eigenvalue weighted by atomic mass is 10.1. The first-order chi connectivity index (χ1) is 8.24. The predicted octanol–water partition coefficient (Wildman–Crippen LogP) is 2.56. The molecule has 18 heavy (non-hydrogen) atoms. The van der Waals surface area contributed by atoms with Crippen molar-refractivity contribution in [2.24, 2.45) is 5.73 Å². The van der Waals surface area contributed by atoms with Crippen LogP contribution < -0.4 is 10.5 Å². The van der Waals surface area contributed by atoms with Crippen molar-refractivity contribution in [3.63, 3.8) is 0 Å². The molecule has 0 fully saturated rings. The van der Waals surface area contributed by atoms with E-state index in [2.05, 4.69) is 4.74 Å². The molecule has 0 bridgehead atoms. The van der Waals surface area contributed by atoms with Gasteiger partial charge in [-0.15, -0.1) is 0 Å². The van der Waals surface area contributed by atoms with Gasteiger partial charge in [-0.25, -0.2) is 8.78 Å². The van der Waals surface area contributed by atoms with Crippen LogP contribution in [0.1, 0.15) is 11.1 Å². The van der Waals surface area contributed by atoms with Gasteiger partial charge in [0.15, 0.2) is 6.61 Å². The van der Waals surface area contributed by atoms with E-state index in [0.29, 0.717) is 0 Å². The monoisotopic (exact) mass is 264 g/mol. The van der Waals surface area contributed by atoms with E-state index < -0.39 is 19.0 Å². The first-order valence-electron chi connectivity index (χ1n) is 4.98. The number of halogens is 4. The molecule has 0 aliphatic heterocycles. The fourth-order valence-corrected chi connectivity index (χ4v) is 1.22. The third kappa shape index (κ3) is 3.35. The Labute approximate surface area is 101 Å². The highest BCUT2D eigenvalue weighted by Gasteiger charge is 2.41. The Morgan fingerprint density at radius 1 is 1.44 bits per heavy atom. The molecule has 0 heterocycles. The summed E-state index contributed by atoms with van der Waals surface area (Å²) < 4.78 is 53.9. The molecular formula is C11H12F4N2O. The van der Waals surface area contributed by atoms with Gasteiger partial charge in [-0.2, -0.15) is 8.78 Å². The van der Waals surface area contributed by atoms with E-state index in [9.17, 15) is 17.6 Å². The number of aryl methyl sites for hydroxylation is 1. The number of nitrogen functional groups attached to an aromatic ring is 1.